The molecule has 0 spiro atoms. The molecule has 0 saturated carbocycles. The summed E-state index contributed by atoms with van der Waals surface area (Å²) in [7, 11) is -3.10. The van der Waals surface area contributed by atoms with Gasteiger partial charge in [0.2, 0.25) is 10.0 Å². The highest BCUT2D eigenvalue weighted by Crippen LogP contribution is 2.21. The molecule has 0 amide bonds. The fourth-order valence-corrected chi connectivity index (χ4v) is 2.81. The summed E-state index contributed by atoms with van der Waals surface area (Å²) in [4.78, 5) is 4.43. The van der Waals surface area contributed by atoms with E-state index in [0.717, 1.165) is 21.8 Å². The molecule has 0 fully saturated rings. The van der Waals surface area contributed by atoms with Gasteiger partial charge >= 0.3 is 0 Å². The molecule has 0 saturated heterocycles. The van der Waals surface area contributed by atoms with Crippen molar-refractivity contribution in [2.24, 2.45) is 0 Å². The van der Waals surface area contributed by atoms with E-state index in [1.54, 1.807) is 11.3 Å². The fourth-order valence-electron chi connectivity index (χ4n) is 1.72. The summed E-state index contributed by atoms with van der Waals surface area (Å²) >= 11 is 1.63. The number of sulfonamides is 1. The second kappa shape index (κ2) is 5.81. The van der Waals surface area contributed by atoms with Gasteiger partial charge in [0, 0.05) is 17.5 Å². The number of aromatic nitrogens is 1. The molecule has 0 unspecified atom stereocenters. The largest absolute Gasteiger partial charge is 0.242 e. The maximum absolute atomic E-state index is 10.9. The highest BCUT2D eigenvalue weighted by atomic mass is 32.2. The van der Waals surface area contributed by atoms with Crippen LogP contribution in [0.4, 0.5) is 0 Å². The first kappa shape index (κ1) is 14.2. The normalized spacial score (nSPS) is 11.7. The van der Waals surface area contributed by atoms with Crippen LogP contribution in [0.2, 0.25) is 0 Å². The van der Waals surface area contributed by atoms with Crippen LogP contribution in [0.3, 0.4) is 0 Å². The molecule has 1 heterocycles. The molecule has 1 aromatic carbocycles. The Kier molecular flexibility index (Phi) is 4.34. The van der Waals surface area contributed by atoms with Gasteiger partial charge in [-0.2, -0.15) is 0 Å². The van der Waals surface area contributed by atoms with Crippen LogP contribution in [0, 0.1) is 6.92 Å². The SMILES string of the molecule is Cc1nc(-c2ccc(CCNS(C)(=O)=O)cc2)cs1. The average molecular weight is 296 g/mol. The maximum atomic E-state index is 10.9. The molecule has 0 aliphatic heterocycles. The first-order valence-electron chi connectivity index (χ1n) is 5.90. The van der Waals surface area contributed by atoms with E-state index in [9.17, 15) is 8.42 Å². The van der Waals surface area contributed by atoms with Crippen LogP contribution in [0.15, 0.2) is 29.6 Å². The van der Waals surface area contributed by atoms with Crippen molar-refractivity contribution in [3.8, 4) is 11.3 Å². The zero-order valence-electron chi connectivity index (χ0n) is 10.9. The highest BCUT2D eigenvalue weighted by molar-refractivity contribution is 7.88. The van der Waals surface area contributed by atoms with Crippen LogP contribution in [-0.2, 0) is 16.4 Å². The first-order chi connectivity index (χ1) is 8.94. The van der Waals surface area contributed by atoms with Crippen LogP contribution < -0.4 is 4.72 Å². The predicted molar refractivity (Wildman–Crippen MR) is 78.8 cm³/mol. The van der Waals surface area contributed by atoms with E-state index < -0.39 is 10.0 Å². The monoisotopic (exact) mass is 296 g/mol. The zero-order chi connectivity index (χ0) is 13.9. The van der Waals surface area contributed by atoms with Crippen LogP contribution >= 0.6 is 11.3 Å². The van der Waals surface area contributed by atoms with Gasteiger partial charge in [-0.15, -0.1) is 11.3 Å². The Morgan fingerprint density at radius 3 is 2.47 bits per heavy atom. The van der Waals surface area contributed by atoms with Crippen molar-refractivity contribution in [3.05, 3.63) is 40.2 Å². The summed E-state index contributed by atoms with van der Waals surface area (Å²) in [6.45, 7) is 2.41. The van der Waals surface area contributed by atoms with E-state index >= 15 is 0 Å². The molecule has 0 radical (unpaired) electrons. The molecular weight excluding hydrogens is 280 g/mol. The lowest BCUT2D eigenvalue weighted by Crippen LogP contribution is -2.24. The molecular formula is C13H16N2O2S2. The van der Waals surface area contributed by atoms with Crippen molar-refractivity contribution in [2.75, 3.05) is 12.8 Å². The Morgan fingerprint density at radius 1 is 1.26 bits per heavy atom. The molecule has 4 nitrogen and oxygen atoms in total. The molecule has 0 aliphatic carbocycles. The van der Waals surface area contributed by atoms with Gasteiger partial charge in [0.05, 0.1) is 17.0 Å². The highest BCUT2D eigenvalue weighted by Gasteiger charge is 2.03. The molecule has 19 heavy (non-hydrogen) atoms. The third kappa shape index (κ3) is 4.41. The van der Waals surface area contributed by atoms with Crippen LogP contribution in [-0.4, -0.2) is 26.2 Å². The minimum absolute atomic E-state index is 0.425. The summed E-state index contributed by atoms with van der Waals surface area (Å²) in [5, 5.41) is 3.09. The van der Waals surface area contributed by atoms with Gasteiger partial charge in [-0.1, -0.05) is 24.3 Å². The van der Waals surface area contributed by atoms with Crippen LogP contribution in [0.5, 0.6) is 0 Å². The van der Waals surface area contributed by atoms with Crippen molar-refractivity contribution in [2.45, 2.75) is 13.3 Å². The minimum Gasteiger partial charge on any atom is -0.242 e. The van der Waals surface area contributed by atoms with Gasteiger partial charge in [0.15, 0.2) is 0 Å². The minimum atomic E-state index is -3.10. The van der Waals surface area contributed by atoms with Crippen molar-refractivity contribution < 1.29 is 8.42 Å². The van der Waals surface area contributed by atoms with Gasteiger partial charge in [-0.3, -0.25) is 0 Å². The van der Waals surface area contributed by atoms with Gasteiger partial charge in [-0.25, -0.2) is 18.1 Å². The third-order valence-corrected chi connectivity index (χ3v) is 4.15. The van der Waals surface area contributed by atoms with E-state index in [4.69, 9.17) is 0 Å². The van der Waals surface area contributed by atoms with Crippen LogP contribution in [0.25, 0.3) is 11.3 Å². The lowest BCUT2D eigenvalue weighted by atomic mass is 10.1. The molecule has 1 aromatic heterocycles. The Labute approximate surface area is 117 Å². The number of rotatable bonds is 5. The molecule has 0 aliphatic rings. The van der Waals surface area contributed by atoms with Crippen molar-refractivity contribution in [1.29, 1.82) is 0 Å². The van der Waals surface area contributed by atoms with E-state index in [1.807, 2.05) is 36.6 Å². The Hall–Kier alpha value is -1.24. The molecule has 102 valence electrons. The smallest absolute Gasteiger partial charge is 0.208 e. The summed E-state index contributed by atoms with van der Waals surface area (Å²) in [5.41, 5.74) is 3.18. The number of hydrogen-bond acceptors (Lipinski definition) is 4. The van der Waals surface area contributed by atoms with Gasteiger partial charge in [-0.05, 0) is 18.9 Å². The number of thiazole rings is 1. The van der Waals surface area contributed by atoms with Gasteiger partial charge < -0.3 is 0 Å². The molecule has 2 aromatic rings. The number of benzene rings is 1. The lowest BCUT2D eigenvalue weighted by Gasteiger charge is -2.03. The second-order valence-electron chi connectivity index (χ2n) is 4.37. The van der Waals surface area contributed by atoms with E-state index in [0.29, 0.717) is 13.0 Å². The van der Waals surface area contributed by atoms with E-state index in [1.165, 1.54) is 6.26 Å². The standard InChI is InChI=1S/C13H16N2O2S2/c1-10-15-13(9-18-10)12-5-3-11(4-6-12)7-8-14-19(2,16)17/h3-6,9,14H,7-8H2,1-2H3. The molecule has 6 heteroatoms. The number of nitrogens with one attached hydrogen (secondary N) is 1. The van der Waals surface area contributed by atoms with Gasteiger partial charge in [0.25, 0.3) is 0 Å². The quantitative estimate of drug-likeness (QED) is 0.920. The maximum Gasteiger partial charge on any atom is 0.208 e. The number of nitrogens with zero attached hydrogens (tertiary/aromatic N) is 1. The van der Waals surface area contributed by atoms with Crippen molar-refractivity contribution in [3.63, 3.8) is 0 Å². The average Bonchev–Trinajstić information content (AvgIpc) is 2.75. The predicted octanol–water partition coefficient (Wildman–Crippen LogP) is 2.21. The third-order valence-electron chi connectivity index (χ3n) is 2.65. The lowest BCUT2D eigenvalue weighted by molar-refractivity contribution is 0.588. The fraction of sp³-hybridized carbons (Fsp3) is 0.308. The van der Waals surface area contributed by atoms with E-state index in [2.05, 4.69) is 9.71 Å². The summed E-state index contributed by atoms with van der Waals surface area (Å²) in [6.07, 6.45) is 1.85. The second-order valence-corrected chi connectivity index (χ2v) is 7.26. The zero-order valence-corrected chi connectivity index (χ0v) is 12.5. The molecule has 2 rings (SSSR count). The van der Waals surface area contributed by atoms with Crippen LogP contribution in [0.1, 0.15) is 10.6 Å². The molecule has 0 atom stereocenters. The van der Waals surface area contributed by atoms with E-state index in [-0.39, 0.29) is 0 Å². The molecule has 0 bridgehead atoms. The number of hydrogen-bond donors (Lipinski definition) is 1. The Morgan fingerprint density at radius 2 is 1.95 bits per heavy atom. The topological polar surface area (TPSA) is 59.1 Å². The first-order valence-corrected chi connectivity index (χ1v) is 8.67. The number of aryl methyl sites for hydroxylation is 1. The molecule has 1 N–H and O–H groups in total. The summed E-state index contributed by atoms with van der Waals surface area (Å²) < 4.78 is 24.4. The van der Waals surface area contributed by atoms with Crippen molar-refractivity contribution >= 4 is 21.4 Å². The van der Waals surface area contributed by atoms with Crippen molar-refractivity contribution in [1.82, 2.24) is 9.71 Å². The Balaban J connectivity index is 1.99. The van der Waals surface area contributed by atoms with Gasteiger partial charge in [0.1, 0.15) is 0 Å². The summed E-state index contributed by atoms with van der Waals surface area (Å²) in [6, 6.07) is 8.05. The Bertz CT molecular complexity index is 646. The summed E-state index contributed by atoms with van der Waals surface area (Å²) in [5.74, 6) is 0.